The maximum atomic E-state index is 13.4. The van der Waals surface area contributed by atoms with E-state index in [0.717, 1.165) is 16.5 Å². The third-order valence-electron chi connectivity index (χ3n) is 6.66. The highest BCUT2D eigenvalue weighted by Crippen LogP contribution is 2.19. The number of para-hydroxylation sites is 1. The van der Waals surface area contributed by atoms with Crippen molar-refractivity contribution in [3.63, 3.8) is 0 Å². The molecule has 4 unspecified atom stereocenters. The van der Waals surface area contributed by atoms with Crippen LogP contribution in [-0.2, 0) is 36.8 Å². The highest BCUT2D eigenvalue weighted by atomic mass is 16.4. The van der Waals surface area contributed by atoms with Crippen molar-refractivity contribution in [2.24, 2.45) is 17.2 Å². The van der Waals surface area contributed by atoms with Gasteiger partial charge in [-0.3, -0.25) is 19.2 Å². The number of benzene rings is 1. The molecular weight excluding hydrogens is 546 g/mol. The number of rotatable bonds is 17. The molecule has 4 amide bonds. The second-order valence-corrected chi connectivity index (χ2v) is 9.93. The topological polar surface area (TPSA) is 264 Å². The number of nitrogens with one attached hydrogen (secondary N) is 5. The number of nitrogens with two attached hydrogens (primary N) is 3. The third kappa shape index (κ3) is 9.14. The Kier molecular flexibility index (Phi) is 11.6. The Morgan fingerprint density at radius 1 is 0.905 bits per heavy atom. The van der Waals surface area contributed by atoms with Gasteiger partial charge in [0.05, 0.1) is 18.8 Å². The molecule has 2 aromatic heterocycles. The van der Waals surface area contributed by atoms with Gasteiger partial charge in [-0.1, -0.05) is 18.2 Å². The van der Waals surface area contributed by atoms with Crippen molar-refractivity contribution in [2.75, 3.05) is 6.54 Å². The summed E-state index contributed by atoms with van der Waals surface area (Å²) in [5.41, 5.74) is 19.2. The zero-order chi connectivity index (χ0) is 30.6. The fourth-order valence-corrected chi connectivity index (χ4v) is 4.44. The molecule has 3 aromatic rings. The SMILES string of the molecule is NCCCCC(NC(=O)C(CC(N)=O)NC(=O)C(Cc1cnc[nH]1)NC(=O)C(N)Cc1c[nH]c2ccccc12)C(=O)O. The third-order valence-corrected chi connectivity index (χ3v) is 6.66. The van der Waals surface area contributed by atoms with Crippen LogP contribution in [0.1, 0.15) is 36.9 Å². The normalized spacial score (nSPS) is 14.0. The number of carbonyl (C=O) groups excluding carboxylic acids is 4. The Balaban J connectivity index is 1.73. The molecule has 0 fully saturated rings. The second kappa shape index (κ2) is 15.3. The number of carboxylic acid groups (broad SMARTS) is 1. The number of H-pyrrole nitrogens is 2. The van der Waals surface area contributed by atoms with Gasteiger partial charge in [-0.05, 0) is 43.9 Å². The van der Waals surface area contributed by atoms with E-state index in [1.807, 2.05) is 24.3 Å². The van der Waals surface area contributed by atoms with Crippen LogP contribution in [0.25, 0.3) is 10.9 Å². The van der Waals surface area contributed by atoms with Crippen LogP contribution in [0.3, 0.4) is 0 Å². The minimum Gasteiger partial charge on any atom is -0.480 e. The van der Waals surface area contributed by atoms with E-state index in [1.165, 1.54) is 12.5 Å². The van der Waals surface area contributed by atoms with Crippen molar-refractivity contribution in [2.45, 2.75) is 62.7 Å². The first kappa shape index (κ1) is 31.8. The lowest BCUT2D eigenvalue weighted by Gasteiger charge is -2.24. The molecule has 0 saturated carbocycles. The van der Waals surface area contributed by atoms with Crippen LogP contribution < -0.4 is 33.2 Å². The van der Waals surface area contributed by atoms with Gasteiger partial charge in [-0.2, -0.15) is 0 Å². The molecule has 1 aromatic carbocycles. The van der Waals surface area contributed by atoms with Crippen molar-refractivity contribution >= 4 is 40.5 Å². The smallest absolute Gasteiger partial charge is 0.326 e. The van der Waals surface area contributed by atoms with E-state index >= 15 is 0 Å². The number of nitrogens with zero attached hydrogens (tertiary/aromatic N) is 1. The van der Waals surface area contributed by atoms with Crippen molar-refractivity contribution < 1.29 is 29.1 Å². The van der Waals surface area contributed by atoms with Crippen LogP contribution in [0, 0.1) is 0 Å². The minimum atomic E-state index is -1.49. The molecule has 12 N–H and O–H groups in total. The van der Waals surface area contributed by atoms with Gasteiger partial charge in [-0.25, -0.2) is 9.78 Å². The molecule has 15 heteroatoms. The number of aromatic nitrogens is 3. The van der Waals surface area contributed by atoms with Gasteiger partial charge in [0.15, 0.2) is 0 Å². The van der Waals surface area contributed by atoms with E-state index in [9.17, 15) is 29.1 Å². The lowest BCUT2D eigenvalue weighted by molar-refractivity contribution is -0.142. The molecule has 0 aliphatic rings. The Bertz CT molecular complexity index is 1370. The van der Waals surface area contributed by atoms with Gasteiger partial charge in [0, 0.05) is 35.4 Å². The Labute approximate surface area is 241 Å². The quantitative estimate of drug-likeness (QED) is 0.0840. The molecule has 0 aliphatic heterocycles. The summed E-state index contributed by atoms with van der Waals surface area (Å²) in [6.45, 7) is 0.357. The van der Waals surface area contributed by atoms with Crippen molar-refractivity contribution in [1.29, 1.82) is 0 Å². The number of primary amides is 1. The second-order valence-electron chi connectivity index (χ2n) is 9.93. The van der Waals surface area contributed by atoms with E-state index in [4.69, 9.17) is 17.2 Å². The van der Waals surface area contributed by atoms with Gasteiger partial charge < -0.3 is 48.2 Å². The highest BCUT2D eigenvalue weighted by molar-refractivity contribution is 5.96. The number of aliphatic carboxylic acids is 1. The first-order chi connectivity index (χ1) is 20.1. The summed E-state index contributed by atoms with van der Waals surface area (Å²) < 4.78 is 0. The van der Waals surface area contributed by atoms with Gasteiger partial charge in [0.1, 0.15) is 18.1 Å². The monoisotopic (exact) mass is 583 g/mol. The Morgan fingerprint density at radius 2 is 1.60 bits per heavy atom. The highest BCUT2D eigenvalue weighted by Gasteiger charge is 2.31. The molecule has 2 heterocycles. The number of aromatic amines is 2. The number of unbranched alkanes of at least 4 members (excludes halogenated alkanes) is 1. The number of amides is 4. The molecule has 0 saturated heterocycles. The van der Waals surface area contributed by atoms with Crippen LogP contribution in [0.4, 0.5) is 0 Å². The van der Waals surface area contributed by atoms with E-state index in [0.29, 0.717) is 25.1 Å². The molecule has 42 heavy (non-hydrogen) atoms. The zero-order valence-electron chi connectivity index (χ0n) is 23.0. The maximum absolute atomic E-state index is 13.4. The van der Waals surface area contributed by atoms with Crippen LogP contribution in [-0.4, -0.2) is 80.4 Å². The van der Waals surface area contributed by atoms with Gasteiger partial charge in [0.2, 0.25) is 23.6 Å². The average molecular weight is 584 g/mol. The summed E-state index contributed by atoms with van der Waals surface area (Å²) in [7, 11) is 0. The van der Waals surface area contributed by atoms with E-state index in [1.54, 1.807) is 6.20 Å². The number of hydrogen-bond acceptors (Lipinski definition) is 8. The van der Waals surface area contributed by atoms with E-state index in [-0.39, 0.29) is 19.3 Å². The Hall–Kier alpha value is -4.76. The number of fused-ring (bicyclic) bond motifs is 1. The molecule has 4 atom stereocenters. The summed E-state index contributed by atoms with van der Waals surface area (Å²) >= 11 is 0. The predicted octanol–water partition coefficient (Wildman–Crippen LogP) is -1.45. The molecule has 0 spiro atoms. The maximum Gasteiger partial charge on any atom is 0.326 e. The first-order valence-electron chi connectivity index (χ1n) is 13.5. The van der Waals surface area contributed by atoms with Crippen LogP contribution >= 0.6 is 0 Å². The number of carboxylic acids is 1. The van der Waals surface area contributed by atoms with Gasteiger partial charge in [-0.15, -0.1) is 0 Å². The molecule has 15 nitrogen and oxygen atoms in total. The summed E-state index contributed by atoms with van der Waals surface area (Å²) in [5, 5.41) is 17.8. The van der Waals surface area contributed by atoms with Crippen LogP contribution in [0.2, 0.25) is 0 Å². The first-order valence-corrected chi connectivity index (χ1v) is 13.5. The molecule has 0 bridgehead atoms. The predicted molar refractivity (Wildman–Crippen MR) is 152 cm³/mol. The van der Waals surface area contributed by atoms with E-state index < -0.39 is 60.2 Å². The summed E-state index contributed by atoms with van der Waals surface area (Å²) in [6.07, 6.45) is 5.26. The van der Waals surface area contributed by atoms with Crippen molar-refractivity contribution in [3.05, 3.63) is 54.2 Å². The van der Waals surface area contributed by atoms with Crippen molar-refractivity contribution in [3.8, 4) is 0 Å². The molecule has 0 aliphatic carbocycles. The number of hydrogen-bond donors (Lipinski definition) is 9. The molecular formula is C27H37N9O6. The summed E-state index contributed by atoms with van der Waals surface area (Å²) in [4.78, 5) is 72.7. The minimum absolute atomic E-state index is 0.0425. The summed E-state index contributed by atoms with van der Waals surface area (Å²) in [5.74, 6) is -4.53. The van der Waals surface area contributed by atoms with Gasteiger partial charge in [0.25, 0.3) is 0 Å². The lowest BCUT2D eigenvalue weighted by Crippen LogP contribution is -2.58. The lowest BCUT2D eigenvalue weighted by atomic mass is 10.0. The van der Waals surface area contributed by atoms with Gasteiger partial charge >= 0.3 is 5.97 Å². The zero-order valence-corrected chi connectivity index (χ0v) is 23.0. The standard InChI is InChI=1S/C27H37N9O6/c28-8-4-3-7-20(27(41)42)34-26(40)22(11-23(30)37)36-25(39)21(10-16-13-31-14-33-16)35-24(38)18(29)9-15-12-32-19-6-2-1-5-17(15)19/h1-2,5-6,12-14,18,20-22,32H,3-4,7-11,28-29H2,(H2,30,37)(H,31,33)(H,34,40)(H,35,38)(H,36,39)(H,41,42). The number of carbonyl (C=O) groups is 5. The van der Waals surface area contributed by atoms with Crippen LogP contribution in [0.15, 0.2) is 43.0 Å². The fraction of sp³-hybridized carbons (Fsp3) is 0.407. The summed E-state index contributed by atoms with van der Waals surface area (Å²) in [6, 6.07) is 2.54. The Morgan fingerprint density at radius 3 is 2.26 bits per heavy atom. The largest absolute Gasteiger partial charge is 0.480 e. The van der Waals surface area contributed by atoms with Crippen LogP contribution in [0.5, 0.6) is 0 Å². The molecule has 3 rings (SSSR count). The van der Waals surface area contributed by atoms with E-state index in [2.05, 4.69) is 30.9 Å². The van der Waals surface area contributed by atoms with Crippen molar-refractivity contribution in [1.82, 2.24) is 30.9 Å². The molecule has 226 valence electrons. The fourth-order valence-electron chi connectivity index (χ4n) is 4.44. The average Bonchev–Trinajstić information content (AvgIpc) is 3.61. The molecule has 0 radical (unpaired) electrons. The number of imidazole rings is 1.